The molecule has 108 valence electrons. The lowest BCUT2D eigenvalue weighted by Crippen LogP contribution is -2.36. The van der Waals surface area contributed by atoms with Gasteiger partial charge in [0.2, 0.25) is 0 Å². The van der Waals surface area contributed by atoms with Crippen LogP contribution in [0.3, 0.4) is 0 Å². The summed E-state index contributed by atoms with van der Waals surface area (Å²) in [5, 5.41) is 5.20. The molecule has 18 heavy (non-hydrogen) atoms. The molecule has 0 heterocycles. The Morgan fingerprint density at radius 2 is 1.83 bits per heavy atom. The molecule has 0 amide bonds. The Balaban J connectivity index is 4.06. The molecule has 0 aromatic carbocycles. The number of carbonyl (C=O) groups is 1. The van der Waals surface area contributed by atoms with Crippen molar-refractivity contribution in [1.82, 2.24) is 0 Å². The van der Waals surface area contributed by atoms with Gasteiger partial charge in [0.1, 0.15) is 5.75 Å². The van der Waals surface area contributed by atoms with Crippen LogP contribution in [0.15, 0.2) is 0 Å². The van der Waals surface area contributed by atoms with Crippen molar-refractivity contribution < 1.29 is 14.3 Å². The van der Waals surface area contributed by atoms with Gasteiger partial charge in [-0.25, -0.2) is 0 Å². The van der Waals surface area contributed by atoms with E-state index in [2.05, 4.69) is 20.8 Å². The summed E-state index contributed by atoms with van der Waals surface area (Å²) in [4.78, 5) is 11.2. The first-order valence-electron chi connectivity index (χ1n) is 6.23. The van der Waals surface area contributed by atoms with Crippen molar-refractivity contribution in [2.75, 3.05) is 12.4 Å². The summed E-state index contributed by atoms with van der Waals surface area (Å²) < 4.78 is 11.1. The van der Waals surface area contributed by atoms with Crippen LogP contribution in [0.5, 0.6) is 0 Å². The lowest BCUT2D eigenvalue weighted by Gasteiger charge is -2.35. The van der Waals surface area contributed by atoms with Crippen LogP contribution < -0.4 is 5.14 Å². The number of rotatable bonds is 7. The van der Waals surface area contributed by atoms with E-state index in [-0.39, 0.29) is 28.8 Å². The zero-order chi connectivity index (χ0) is 14.4. The van der Waals surface area contributed by atoms with Crippen LogP contribution in [-0.4, -0.2) is 29.5 Å². The molecule has 0 aliphatic rings. The Morgan fingerprint density at radius 1 is 1.28 bits per heavy atom. The molecule has 0 aromatic heterocycles. The summed E-state index contributed by atoms with van der Waals surface area (Å²) in [7, 11) is 0. The molecule has 0 aliphatic carbocycles. The van der Waals surface area contributed by atoms with Crippen LogP contribution in [0, 0.1) is 5.92 Å². The average Bonchev–Trinajstić information content (AvgIpc) is 2.10. The number of ether oxygens (including phenoxy) is 2. The fraction of sp³-hybridized carbons (Fsp3) is 0.923. The lowest BCUT2D eigenvalue weighted by molar-refractivity contribution is -0.145. The Labute approximate surface area is 115 Å². The highest BCUT2D eigenvalue weighted by Gasteiger charge is 2.27. The molecule has 0 radical (unpaired) electrons. The predicted molar refractivity (Wildman–Crippen MR) is 76.3 cm³/mol. The van der Waals surface area contributed by atoms with Gasteiger partial charge < -0.3 is 9.47 Å². The smallest absolute Gasteiger partial charge is 0.317 e. The molecule has 0 saturated heterocycles. The molecular formula is C13H27NO3S. The predicted octanol–water partition coefficient (Wildman–Crippen LogP) is 2.76. The van der Waals surface area contributed by atoms with Gasteiger partial charge >= 0.3 is 5.97 Å². The molecule has 5 heteroatoms. The molecule has 4 nitrogen and oxygen atoms in total. The van der Waals surface area contributed by atoms with Gasteiger partial charge in [0.15, 0.2) is 0 Å². The van der Waals surface area contributed by atoms with Gasteiger partial charge in [0, 0.05) is 0 Å². The van der Waals surface area contributed by atoms with Crippen LogP contribution >= 0.6 is 11.9 Å². The molecule has 0 fully saturated rings. The van der Waals surface area contributed by atoms with Gasteiger partial charge in [0.25, 0.3) is 0 Å². The van der Waals surface area contributed by atoms with Crippen molar-refractivity contribution in [3.8, 4) is 0 Å². The number of hydrogen-bond donors (Lipinski definition) is 1. The first kappa shape index (κ1) is 17.7. The summed E-state index contributed by atoms with van der Waals surface area (Å²) in [6.45, 7) is 12.7. The molecule has 0 aliphatic heterocycles. The van der Waals surface area contributed by atoms with E-state index in [1.165, 1.54) is 0 Å². The van der Waals surface area contributed by atoms with Gasteiger partial charge in [-0.1, -0.05) is 18.9 Å². The van der Waals surface area contributed by atoms with E-state index in [9.17, 15) is 4.79 Å². The maximum atomic E-state index is 11.2. The van der Waals surface area contributed by atoms with E-state index in [0.29, 0.717) is 6.61 Å². The molecule has 0 bridgehead atoms. The second-order valence-electron chi connectivity index (χ2n) is 6.28. The number of carbonyl (C=O) groups excluding carboxylic acids is 1. The van der Waals surface area contributed by atoms with E-state index in [4.69, 9.17) is 14.6 Å². The monoisotopic (exact) mass is 277 g/mol. The SMILES string of the molecule is CC(COC(=O)CSN)CC(C)(C)OC(C)(C)C. The Bertz CT molecular complexity index is 261. The third kappa shape index (κ3) is 9.74. The summed E-state index contributed by atoms with van der Waals surface area (Å²) in [6.07, 6.45) is 0.841. The van der Waals surface area contributed by atoms with Crippen LogP contribution in [0.25, 0.3) is 0 Å². The van der Waals surface area contributed by atoms with E-state index < -0.39 is 0 Å². The summed E-state index contributed by atoms with van der Waals surface area (Å²) in [5.41, 5.74) is -0.400. The van der Waals surface area contributed by atoms with Crippen LogP contribution in [0.4, 0.5) is 0 Å². The minimum absolute atomic E-state index is 0.171. The molecule has 0 aromatic rings. The number of hydrogen-bond acceptors (Lipinski definition) is 5. The maximum Gasteiger partial charge on any atom is 0.317 e. The normalized spacial score (nSPS) is 14.4. The molecular weight excluding hydrogens is 250 g/mol. The zero-order valence-corrected chi connectivity index (χ0v) is 13.2. The summed E-state index contributed by atoms with van der Waals surface area (Å²) >= 11 is 0.983. The van der Waals surface area contributed by atoms with Gasteiger partial charge in [-0.2, -0.15) is 0 Å². The van der Waals surface area contributed by atoms with Crippen LogP contribution in [0.1, 0.15) is 48.0 Å². The third-order valence-corrected chi connectivity index (χ3v) is 2.55. The van der Waals surface area contributed by atoms with Gasteiger partial charge in [0.05, 0.1) is 17.8 Å². The fourth-order valence-corrected chi connectivity index (χ4v) is 2.33. The minimum atomic E-state index is -0.260. The average molecular weight is 277 g/mol. The Kier molecular flexibility index (Phi) is 7.25. The highest BCUT2D eigenvalue weighted by molar-refractivity contribution is 7.97. The standard InChI is InChI=1S/C13H27NO3S/c1-10(8-16-11(15)9-18-14)7-13(5,6)17-12(2,3)4/h10H,7-9,14H2,1-6H3. The van der Waals surface area contributed by atoms with Crippen LogP contribution in [-0.2, 0) is 14.3 Å². The first-order valence-corrected chi connectivity index (χ1v) is 7.28. The highest BCUT2D eigenvalue weighted by Crippen LogP contribution is 2.26. The van der Waals surface area contributed by atoms with Crippen LogP contribution in [0.2, 0.25) is 0 Å². The van der Waals surface area contributed by atoms with E-state index in [0.717, 1.165) is 18.4 Å². The second-order valence-corrected chi connectivity index (χ2v) is 6.90. The van der Waals surface area contributed by atoms with Gasteiger partial charge in [-0.05, 0) is 47.0 Å². The van der Waals surface area contributed by atoms with Gasteiger partial charge in [-0.3, -0.25) is 9.93 Å². The fourth-order valence-electron chi connectivity index (χ4n) is 2.11. The van der Waals surface area contributed by atoms with Crippen molar-refractivity contribution >= 4 is 17.9 Å². The topological polar surface area (TPSA) is 61.5 Å². The molecule has 0 spiro atoms. The summed E-state index contributed by atoms with van der Waals surface area (Å²) in [6, 6.07) is 0. The molecule has 1 unspecified atom stereocenters. The Morgan fingerprint density at radius 3 is 2.28 bits per heavy atom. The number of esters is 1. The lowest BCUT2D eigenvalue weighted by atomic mass is 9.94. The Hall–Kier alpha value is -0.260. The molecule has 0 saturated carbocycles. The van der Waals surface area contributed by atoms with Crippen molar-refractivity contribution in [1.29, 1.82) is 0 Å². The van der Waals surface area contributed by atoms with E-state index in [1.54, 1.807) is 0 Å². The van der Waals surface area contributed by atoms with Crippen molar-refractivity contribution in [2.45, 2.75) is 59.2 Å². The maximum absolute atomic E-state index is 11.2. The minimum Gasteiger partial charge on any atom is -0.465 e. The van der Waals surface area contributed by atoms with Gasteiger partial charge in [-0.15, -0.1) is 0 Å². The first-order chi connectivity index (χ1) is 8.06. The largest absolute Gasteiger partial charge is 0.465 e. The molecule has 2 N–H and O–H groups in total. The van der Waals surface area contributed by atoms with Crippen molar-refractivity contribution in [2.24, 2.45) is 11.1 Å². The second kappa shape index (κ2) is 7.36. The highest BCUT2D eigenvalue weighted by atomic mass is 32.2. The summed E-state index contributed by atoms with van der Waals surface area (Å²) in [5.74, 6) is 0.201. The third-order valence-electron chi connectivity index (χ3n) is 2.15. The quantitative estimate of drug-likeness (QED) is 0.572. The molecule has 0 rings (SSSR count). The van der Waals surface area contributed by atoms with E-state index >= 15 is 0 Å². The zero-order valence-electron chi connectivity index (χ0n) is 12.4. The van der Waals surface area contributed by atoms with Crippen molar-refractivity contribution in [3.63, 3.8) is 0 Å². The molecule has 1 atom stereocenters. The number of nitrogens with two attached hydrogens (primary N) is 1. The van der Waals surface area contributed by atoms with Crippen molar-refractivity contribution in [3.05, 3.63) is 0 Å². The van der Waals surface area contributed by atoms with E-state index in [1.807, 2.05) is 20.8 Å².